The van der Waals surface area contributed by atoms with Gasteiger partial charge in [-0.2, -0.15) is 5.26 Å². The highest BCUT2D eigenvalue weighted by Crippen LogP contribution is 2.34. The molecule has 4 atom stereocenters. The highest BCUT2D eigenvalue weighted by Gasteiger charge is 2.33. The van der Waals surface area contributed by atoms with Gasteiger partial charge in [0.15, 0.2) is 0 Å². The number of hydrogen-bond donors (Lipinski definition) is 5. The van der Waals surface area contributed by atoms with Crippen molar-refractivity contribution in [1.82, 2.24) is 20.9 Å². The Morgan fingerprint density at radius 1 is 1.31 bits per heavy atom. The minimum absolute atomic E-state index is 0.0481. The molecule has 5 N–H and O–H groups in total. The number of nitrogens with zero attached hydrogens (tertiary/aromatic N) is 1. The molecule has 1 aliphatic heterocycles. The topological polar surface area (TPSA) is 130 Å². The molecule has 0 radical (unpaired) electrons. The molecular weight excluding hydrogens is 430 g/mol. The second kappa shape index (κ2) is 9.90. The van der Waals surface area contributed by atoms with Crippen LogP contribution in [0.1, 0.15) is 49.0 Å². The van der Waals surface area contributed by atoms with E-state index in [0.717, 1.165) is 31.1 Å². The third-order valence-electron chi connectivity index (χ3n) is 6.28. The first-order valence-electron chi connectivity index (χ1n) is 11.1. The molecule has 32 heavy (non-hydrogen) atoms. The Kier molecular flexibility index (Phi) is 6.99. The fourth-order valence-corrected chi connectivity index (χ4v) is 4.52. The molecular formula is C23H28ClN5O3. The number of rotatable bonds is 9. The number of carbonyl (C=O) groups is 2. The van der Waals surface area contributed by atoms with Crippen molar-refractivity contribution < 1.29 is 14.7 Å². The number of nitriles is 1. The second-order valence-corrected chi connectivity index (χ2v) is 9.21. The van der Waals surface area contributed by atoms with Gasteiger partial charge in [0.05, 0.1) is 28.7 Å². The van der Waals surface area contributed by atoms with E-state index in [1.807, 2.05) is 12.1 Å². The van der Waals surface area contributed by atoms with Crippen LogP contribution in [-0.2, 0) is 4.79 Å². The van der Waals surface area contributed by atoms with E-state index >= 15 is 0 Å². The summed E-state index contributed by atoms with van der Waals surface area (Å²) in [6, 6.07) is 8.06. The Bertz CT molecular complexity index is 1030. The lowest BCUT2D eigenvalue weighted by molar-refractivity contribution is -0.127. The lowest BCUT2D eigenvalue weighted by atomic mass is 9.91. The number of benzene rings is 1. The molecule has 2 amide bonds. The molecule has 1 aromatic heterocycles. The molecule has 8 nitrogen and oxygen atoms in total. The number of piperidine rings is 1. The summed E-state index contributed by atoms with van der Waals surface area (Å²) < 4.78 is 0. The summed E-state index contributed by atoms with van der Waals surface area (Å²) in [6.07, 6.45) is 3.56. The number of halogens is 1. The van der Waals surface area contributed by atoms with Crippen LogP contribution in [0.25, 0.3) is 10.9 Å². The van der Waals surface area contributed by atoms with Crippen LogP contribution in [0.3, 0.4) is 0 Å². The van der Waals surface area contributed by atoms with E-state index in [0.29, 0.717) is 41.5 Å². The van der Waals surface area contributed by atoms with Crippen LogP contribution in [0.2, 0.25) is 5.02 Å². The Morgan fingerprint density at radius 3 is 2.81 bits per heavy atom. The van der Waals surface area contributed by atoms with Gasteiger partial charge in [0, 0.05) is 17.8 Å². The molecule has 4 rings (SSSR count). The molecule has 2 aromatic rings. The molecule has 0 spiro atoms. The fourth-order valence-electron chi connectivity index (χ4n) is 4.29. The minimum Gasteiger partial charge on any atom is -0.376 e. The smallest absolute Gasteiger partial charge is 0.268 e. The molecule has 9 heteroatoms. The van der Waals surface area contributed by atoms with Crippen molar-refractivity contribution >= 4 is 34.3 Å². The Balaban J connectivity index is 1.42. The predicted octanol–water partition coefficient (Wildman–Crippen LogP) is 2.44. The van der Waals surface area contributed by atoms with Crippen LogP contribution in [-0.4, -0.2) is 46.8 Å². The van der Waals surface area contributed by atoms with E-state index in [2.05, 4.69) is 27.0 Å². The lowest BCUT2D eigenvalue weighted by Crippen LogP contribution is -2.53. The molecule has 2 aliphatic rings. The van der Waals surface area contributed by atoms with Gasteiger partial charge in [0.1, 0.15) is 11.9 Å². The van der Waals surface area contributed by atoms with Gasteiger partial charge < -0.3 is 20.7 Å². The zero-order chi connectivity index (χ0) is 22.7. The number of hydrogen-bond acceptors (Lipinski definition) is 5. The van der Waals surface area contributed by atoms with Crippen LogP contribution in [0.15, 0.2) is 24.3 Å². The zero-order valence-corrected chi connectivity index (χ0v) is 18.5. The molecule has 1 saturated heterocycles. The number of aliphatic hydroxyl groups is 1. The number of para-hydroxylation sites is 1. The van der Waals surface area contributed by atoms with Crippen LogP contribution in [0.4, 0.5) is 0 Å². The fraction of sp³-hybridized carbons (Fsp3) is 0.522. The van der Waals surface area contributed by atoms with Crippen molar-refractivity contribution in [1.29, 1.82) is 5.26 Å². The van der Waals surface area contributed by atoms with Crippen LogP contribution in [0, 0.1) is 23.2 Å². The van der Waals surface area contributed by atoms with Gasteiger partial charge in [-0.25, -0.2) is 0 Å². The maximum Gasteiger partial charge on any atom is 0.268 e. The maximum atomic E-state index is 12.9. The Hall–Kier alpha value is -2.60. The van der Waals surface area contributed by atoms with Crippen LogP contribution >= 0.6 is 11.6 Å². The quantitative estimate of drug-likeness (QED) is 0.369. The number of nitrogens with one attached hydrogen (secondary N) is 4. The summed E-state index contributed by atoms with van der Waals surface area (Å²) in [5.74, 6) is -0.198. The van der Waals surface area contributed by atoms with E-state index < -0.39 is 18.3 Å². The third kappa shape index (κ3) is 5.41. The predicted molar refractivity (Wildman–Crippen MR) is 121 cm³/mol. The van der Waals surface area contributed by atoms with Gasteiger partial charge in [0.25, 0.3) is 5.91 Å². The number of H-pyrrole nitrogens is 1. The molecule has 2 heterocycles. The van der Waals surface area contributed by atoms with Gasteiger partial charge in [-0.3, -0.25) is 14.9 Å². The van der Waals surface area contributed by atoms with Crippen molar-refractivity contribution in [2.24, 2.45) is 11.8 Å². The largest absolute Gasteiger partial charge is 0.376 e. The lowest BCUT2D eigenvalue weighted by Gasteiger charge is -2.29. The van der Waals surface area contributed by atoms with Gasteiger partial charge in [-0.15, -0.1) is 0 Å². The normalized spacial score (nSPS) is 21.4. The van der Waals surface area contributed by atoms with Gasteiger partial charge in [-0.05, 0) is 43.7 Å². The van der Waals surface area contributed by atoms with Crippen molar-refractivity contribution in [3.05, 3.63) is 35.0 Å². The monoisotopic (exact) mass is 457 g/mol. The number of aromatic nitrogens is 1. The van der Waals surface area contributed by atoms with Gasteiger partial charge in [-0.1, -0.05) is 36.6 Å². The van der Waals surface area contributed by atoms with Crippen LogP contribution < -0.4 is 16.0 Å². The Labute approximate surface area is 191 Å². The second-order valence-electron chi connectivity index (χ2n) is 8.81. The van der Waals surface area contributed by atoms with E-state index in [1.54, 1.807) is 12.1 Å². The average Bonchev–Trinajstić information content (AvgIpc) is 3.48. The van der Waals surface area contributed by atoms with Crippen molar-refractivity contribution in [3.63, 3.8) is 0 Å². The summed E-state index contributed by atoms with van der Waals surface area (Å²) >= 11 is 6.20. The third-order valence-corrected chi connectivity index (χ3v) is 6.59. The molecule has 1 saturated carbocycles. The van der Waals surface area contributed by atoms with E-state index in [-0.39, 0.29) is 17.7 Å². The summed E-state index contributed by atoms with van der Waals surface area (Å²) in [7, 11) is 0. The summed E-state index contributed by atoms with van der Waals surface area (Å²) in [6.45, 7) is 0.664. The number of aliphatic hydroxyl groups excluding tert-OH is 1. The van der Waals surface area contributed by atoms with Crippen molar-refractivity contribution in [2.75, 3.05) is 6.54 Å². The SMILES string of the molecule is N#CC(CC1CCCNC1=O)NC(O)C(CC1CC1)NC(=O)c1cc2cccc(Cl)c2[nH]1. The number of carbonyl (C=O) groups excluding carboxylic acids is 2. The van der Waals surface area contributed by atoms with E-state index in [4.69, 9.17) is 11.6 Å². The van der Waals surface area contributed by atoms with Gasteiger partial charge >= 0.3 is 0 Å². The maximum absolute atomic E-state index is 12.9. The van der Waals surface area contributed by atoms with Crippen LogP contribution in [0.5, 0.6) is 0 Å². The number of aromatic amines is 1. The van der Waals surface area contributed by atoms with Crippen molar-refractivity contribution in [3.8, 4) is 6.07 Å². The highest BCUT2D eigenvalue weighted by atomic mass is 35.5. The minimum atomic E-state index is -1.11. The number of amides is 2. The summed E-state index contributed by atoms with van der Waals surface area (Å²) in [5, 5.41) is 30.4. The highest BCUT2D eigenvalue weighted by molar-refractivity contribution is 6.35. The molecule has 2 fully saturated rings. The summed E-state index contributed by atoms with van der Waals surface area (Å²) in [4.78, 5) is 28.0. The Morgan fingerprint density at radius 2 is 2.12 bits per heavy atom. The first-order valence-corrected chi connectivity index (χ1v) is 11.5. The zero-order valence-electron chi connectivity index (χ0n) is 17.7. The summed E-state index contributed by atoms with van der Waals surface area (Å²) in [5.41, 5.74) is 1.05. The molecule has 4 unspecified atom stereocenters. The standard InChI is InChI=1S/C23H28ClN5O3/c24-17-5-1-3-14-11-19(28-20(14)17)23(32)29-18(9-13-6-7-13)22(31)27-16(12-25)10-15-4-2-8-26-21(15)30/h1,3,5,11,13,15-16,18,22,27-28,31H,2,4,6-10H2,(H,26,30)(H,29,32). The first kappa shape index (κ1) is 22.6. The molecule has 0 bridgehead atoms. The van der Waals surface area contributed by atoms with E-state index in [9.17, 15) is 20.0 Å². The average molecular weight is 458 g/mol. The first-order chi connectivity index (χ1) is 15.4. The molecule has 170 valence electrons. The van der Waals surface area contributed by atoms with E-state index in [1.165, 1.54) is 0 Å². The molecule has 1 aliphatic carbocycles. The van der Waals surface area contributed by atoms with Crippen molar-refractivity contribution in [2.45, 2.75) is 56.8 Å². The molecule has 1 aromatic carbocycles. The number of fused-ring (bicyclic) bond motifs is 1. The van der Waals surface area contributed by atoms with Gasteiger partial charge in [0.2, 0.25) is 5.91 Å².